The van der Waals surface area contributed by atoms with Gasteiger partial charge in [-0.2, -0.15) is 0 Å². The van der Waals surface area contributed by atoms with Gasteiger partial charge in [0.25, 0.3) is 0 Å². The molecule has 0 fully saturated rings. The highest BCUT2D eigenvalue weighted by Crippen LogP contribution is 2.19. The fourth-order valence-electron chi connectivity index (χ4n) is 2.43. The zero-order chi connectivity index (χ0) is 18.8. The van der Waals surface area contributed by atoms with Crippen LogP contribution in [0.2, 0.25) is 0 Å². The lowest BCUT2D eigenvalue weighted by atomic mass is 10.0. The molecule has 1 atom stereocenters. The van der Waals surface area contributed by atoms with Crippen molar-refractivity contribution in [1.82, 2.24) is 10.3 Å². The zero-order valence-electron chi connectivity index (χ0n) is 14.9. The first kappa shape index (κ1) is 18.6. The van der Waals surface area contributed by atoms with E-state index < -0.39 is 29.5 Å². The fourth-order valence-corrected chi connectivity index (χ4v) is 2.43. The molecule has 0 bridgehead atoms. The Bertz CT molecular complexity index is 843. The second-order valence-electron chi connectivity index (χ2n) is 6.73. The number of benzene rings is 1. The maximum absolute atomic E-state index is 12.0. The van der Waals surface area contributed by atoms with Crippen molar-refractivity contribution in [3.63, 3.8) is 0 Å². The number of alkyl carbamates (subject to hydrolysis) is 1. The second-order valence-corrected chi connectivity index (χ2v) is 6.73. The smallest absolute Gasteiger partial charge is 0.417 e. The van der Waals surface area contributed by atoms with Crippen LogP contribution in [0.15, 0.2) is 21.3 Å². The molecule has 8 nitrogen and oxygen atoms in total. The first-order valence-corrected chi connectivity index (χ1v) is 7.79. The van der Waals surface area contributed by atoms with Gasteiger partial charge in [-0.15, -0.1) is 0 Å². The average Bonchev–Trinajstić information content (AvgIpc) is 2.84. The van der Waals surface area contributed by atoms with Crippen molar-refractivity contribution in [2.45, 2.75) is 45.8 Å². The van der Waals surface area contributed by atoms with E-state index in [1.165, 1.54) is 7.11 Å². The van der Waals surface area contributed by atoms with Crippen molar-refractivity contribution >= 4 is 23.2 Å². The SMILES string of the molecule is COC(=O)[C@@H](Cc1cc(C)c2[nH]c(=O)oc2c1)NC(=O)OC(C)(C)C. The topological polar surface area (TPSA) is 111 Å². The number of aryl methyl sites for hydroxylation is 1. The third-order valence-corrected chi connectivity index (χ3v) is 3.41. The van der Waals surface area contributed by atoms with Crippen LogP contribution < -0.4 is 11.1 Å². The van der Waals surface area contributed by atoms with Gasteiger partial charge in [0.2, 0.25) is 0 Å². The minimum absolute atomic E-state index is 0.164. The minimum atomic E-state index is -0.928. The number of H-pyrrole nitrogens is 1. The van der Waals surface area contributed by atoms with Crippen LogP contribution in [0, 0.1) is 6.92 Å². The molecule has 1 aromatic carbocycles. The number of nitrogens with one attached hydrogen (secondary N) is 2. The summed E-state index contributed by atoms with van der Waals surface area (Å²) in [5, 5.41) is 2.51. The molecule has 0 aliphatic rings. The number of carbonyl (C=O) groups is 2. The Labute approximate surface area is 144 Å². The molecule has 0 radical (unpaired) electrons. The van der Waals surface area contributed by atoms with Gasteiger partial charge < -0.3 is 19.2 Å². The van der Waals surface area contributed by atoms with Crippen molar-refractivity contribution in [2.24, 2.45) is 0 Å². The van der Waals surface area contributed by atoms with Crippen LogP contribution in [0.3, 0.4) is 0 Å². The monoisotopic (exact) mass is 350 g/mol. The standard InChI is InChI=1S/C17H22N2O6/c1-9-6-10(8-12-13(9)19-15(21)24-12)7-11(14(20)23-5)18-16(22)25-17(2,3)4/h6,8,11H,7H2,1-5H3,(H,18,22)(H,19,21)/t11-/m1/s1. The molecule has 25 heavy (non-hydrogen) atoms. The summed E-state index contributed by atoms with van der Waals surface area (Å²) in [4.78, 5) is 37.9. The van der Waals surface area contributed by atoms with Gasteiger partial charge in [-0.05, 0) is 44.9 Å². The van der Waals surface area contributed by atoms with Gasteiger partial charge in [0.15, 0.2) is 5.58 Å². The van der Waals surface area contributed by atoms with Crippen LogP contribution in [0.5, 0.6) is 0 Å². The average molecular weight is 350 g/mol. The van der Waals surface area contributed by atoms with E-state index in [9.17, 15) is 14.4 Å². The number of rotatable bonds is 4. The largest absolute Gasteiger partial charge is 0.467 e. The number of hydrogen-bond acceptors (Lipinski definition) is 6. The lowest BCUT2D eigenvalue weighted by Gasteiger charge is -2.22. The Morgan fingerprint density at radius 2 is 2.00 bits per heavy atom. The number of methoxy groups -OCH3 is 1. The van der Waals surface area contributed by atoms with Crippen LogP contribution >= 0.6 is 0 Å². The molecule has 0 spiro atoms. The van der Waals surface area contributed by atoms with Gasteiger partial charge in [0.1, 0.15) is 11.6 Å². The molecule has 0 aliphatic heterocycles. The van der Waals surface area contributed by atoms with Gasteiger partial charge in [0.05, 0.1) is 12.6 Å². The van der Waals surface area contributed by atoms with Gasteiger partial charge in [-0.1, -0.05) is 6.07 Å². The highest BCUT2D eigenvalue weighted by molar-refractivity contribution is 5.82. The van der Waals surface area contributed by atoms with E-state index in [1.807, 2.05) is 6.92 Å². The molecule has 8 heteroatoms. The molecule has 2 aromatic rings. The predicted octanol–water partition coefficient (Wildman–Crippen LogP) is 2.04. The van der Waals surface area contributed by atoms with Crippen molar-refractivity contribution < 1.29 is 23.5 Å². The molecule has 2 N–H and O–H groups in total. The Balaban J connectivity index is 2.23. The number of aromatic nitrogens is 1. The van der Waals surface area contributed by atoms with E-state index in [1.54, 1.807) is 32.9 Å². The molecule has 1 heterocycles. The lowest BCUT2D eigenvalue weighted by Crippen LogP contribution is -2.45. The third kappa shape index (κ3) is 4.85. The van der Waals surface area contributed by atoms with Crippen LogP contribution in [0.1, 0.15) is 31.9 Å². The van der Waals surface area contributed by atoms with Crippen LogP contribution in [0.25, 0.3) is 11.1 Å². The Morgan fingerprint density at radius 3 is 2.60 bits per heavy atom. The van der Waals surface area contributed by atoms with Gasteiger partial charge in [0, 0.05) is 6.42 Å². The predicted molar refractivity (Wildman–Crippen MR) is 90.4 cm³/mol. The summed E-state index contributed by atoms with van der Waals surface area (Å²) in [5.41, 5.74) is 1.80. The van der Waals surface area contributed by atoms with Crippen molar-refractivity contribution in [3.05, 3.63) is 33.8 Å². The zero-order valence-corrected chi connectivity index (χ0v) is 14.9. The first-order valence-electron chi connectivity index (χ1n) is 7.79. The maximum Gasteiger partial charge on any atom is 0.417 e. The molecule has 0 aliphatic carbocycles. The van der Waals surface area contributed by atoms with Crippen molar-refractivity contribution in [1.29, 1.82) is 0 Å². The van der Waals surface area contributed by atoms with Gasteiger partial charge in [-0.25, -0.2) is 14.4 Å². The minimum Gasteiger partial charge on any atom is -0.467 e. The van der Waals surface area contributed by atoms with E-state index in [-0.39, 0.29) is 6.42 Å². The molecule has 1 amide bonds. The van der Waals surface area contributed by atoms with E-state index in [4.69, 9.17) is 13.9 Å². The van der Waals surface area contributed by atoms with Gasteiger partial charge in [-0.3, -0.25) is 4.98 Å². The highest BCUT2D eigenvalue weighted by atomic mass is 16.6. The molecule has 0 saturated heterocycles. The number of ether oxygens (including phenoxy) is 2. The maximum atomic E-state index is 12.0. The summed E-state index contributed by atoms with van der Waals surface area (Å²) in [6.07, 6.45) is -0.550. The Kier molecular flexibility index (Phi) is 5.20. The Morgan fingerprint density at radius 1 is 1.32 bits per heavy atom. The van der Waals surface area contributed by atoms with E-state index in [2.05, 4.69) is 10.3 Å². The molecule has 0 unspecified atom stereocenters. The third-order valence-electron chi connectivity index (χ3n) is 3.41. The van der Waals surface area contributed by atoms with Crippen molar-refractivity contribution in [2.75, 3.05) is 7.11 Å². The molecule has 136 valence electrons. The van der Waals surface area contributed by atoms with Crippen LogP contribution in [0.4, 0.5) is 4.79 Å². The van der Waals surface area contributed by atoms with E-state index in [0.29, 0.717) is 16.7 Å². The quantitative estimate of drug-likeness (QED) is 0.817. The van der Waals surface area contributed by atoms with Crippen LogP contribution in [-0.4, -0.2) is 35.8 Å². The summed E-state index contributed by atoms with van der Waals surface area (Å²) < 4.78 is 15.0. The molecule has 1 aromatic heterocycles. The molecule has 0 saturated carbocycles. The van der Waals surface area contributed by atoms with Crippen molar-refractivity contribution in [3.8, 4) is 0 Å². The summed E-state index contributed by atoms with van der Waals surface area (Å²) in [5.74, 6) is -1.15. The van der Waals surface area contributed by atoms with E-state index >= 15 is 0 Å². The summed E-state index contributed by atoms with van der Waals surface area (Å²) in [7, 11) is 1.24. The normalized spacial score (nSPS) is 12.7. The fraction of sp³-hybridized carbons (Fsp3) is 0.471. The number of oxazole rings is 1. The number of carbonyl (C=O) groups excluding carboxylic acids is 2. The lowest BCUT2D eigenvalue weighted by molar-refractivity contribution is -0.143. The summed E-state index contributed by atoms with van der Waals surface area (Å²) in [6.45, 7) is 6.99. The van der Waals surface area contributed by atoms with Crippen LogP contribution in [-0.2, 0) is 20.7 Å². The number of hydrogen-bond donors (Lipinski definition) is 2. The number of fused-ring (bicyclic) bond motifs is 1. The number of amides is 1. The molecular formula is C17H22N2O6. The first-order chi connectivity index (χ1) is 11.6. The highest BCUT2D eigenvalue weighted by Gasteiger charge is 2.25. The number of aromatic amines is 1. The molecular weight excluding hydrogens is 328 g/mol. The van der Waals surface area contributed by atoms with E-state index in [0.717, 1.165) is 5.56 Å². The summed E-state index contributed by atoms with van der Waals surface area (Å²) in [6, 6.07) is 2.52. The molecule has 2 rings (SSSR count). The number of esters is 1. The Hall–Kier alpha value is -2.77. The second kappa shape index (κ2) is 7.00. The summed E-state index contributed by atoms with van der Waals surface area (Å²) >= 11 is 0. The van der Waals surface area contributed by atoms with Gasteiger partial charge >= 0.3 is 17.8 Å².